The van der Waals surface area contributed by atoms with Crippen molar-refractivity contribution in [3.05, 3.63) is 63.6 Å². The average molecular weight is 717 g/mol. The summed E-state index contributed by atoms with van der Waals surface area (Å²) < 4.78 is 16.8. The number of H-pyrrole nitrogens is 1. The summed E-state index contributed by atoms with van der Waals surface area (Å²) in [6.07, 6.45) is 3.63. The smallest absolute Gasteiger partial charge is 0.417 e. The molecule has 4 amide bonds. The van der Waals surface area contributed by atoms with Gasteiger partial charge in [-0.2, -0.15) is 0 Å². The number of esters is 1. The number of benzene rings is 2. The molecule has 3 fully saturated rings. The minimum absolute atomic E-state index is 0.0183. The lowest BCUT2D eigenvalue weighted by Gasteiger charge is -2.42. The Bertz CT molecular complexity index is 1850. The first kappa shape index (κ1) is 35.5. The van der Waals surface area contributed by atoms with E-state index in [1.165, 1.54) is 6.92 Å². The van der Waals surface area contributed by atoms with Gasteiger partial charge in [0, 0.05) is 76.9 Å². The molecule has 2 aromatic carbocycles. The molecule has 278 valence electrons. The molecule has 5 heterocycles. The maximum Gasteiger partial charge on any atom is 0.417 e. The molecular formula is C38H48N6O8. The van der Waals surface area contributed by atoms with E-state index in [1.807, 2.05) is 42.2 Å². The zero-order valence-corrected chi connectivity index (χ0v) is 29.9. The monoisotopic (exact) mass is 716 g/mol. The molecule has 4 aliphatic rings. The SMILES string of the molecule is CC(=O)OC1CCN(C2CCN(C(=O)[C@@H](Cc3cc(C)c4[nH]c(=O)oc4c3)OC(=O)N3CCC(N4CCc5ccccc5NC4=O)CC3)CC2)CC1. The van der Waals surface area contributed by atoms with Crippen LogP contribution in [0.3, 0.4) is 0 Å². The van der Waals surface area contributed by atoms with Gasteiger partial charge in [-0.25, -0.2) is 14.4 Å². The first-order valence-corrected chi connectivity index (χ1v) is 18.5. The number of carbonyl (C=O) groups is 4. The summed E-state index contributed by atoms with van der Waals surface area (Å²) in [6.45, 7) is 7.48. The number of aromatic amines is 1. The Balaban J connectivity index is 0.989. The number of piperidine rings is 3. The van der Waals surface area contributed by atoms with Gasteiger partial charge in [-0.1, -0.05) is 24.3 Å². The number of likely N-dealkylation sites (tertiary alicyclic amines) is 3. The van der Waals surface area contributed by atoms with Crippen molar-refractivity contribution in [1.82, 2.24) is 24.6 Å². The Morgan fingerprint density at radius 3 is 2.31 bits per heavy atom. The van der Waals surface area contributed by atoms with Crippen LogP contribution in [0.1, 0.15) is 62.1 Å². The molecule has 3 saturated heterocycles. The highest BCUT2D eigenvalue weighted by molar-refractivity contribution is 5.91. The van der Waals surface area contributed by atoms with Crippen LogP contribution in [0.4, 0.5) is 15.3 Å². The quantitative estimate of drug-likeness (QED) is 0.345. The molecule has 14 heteroatoms. The highest BCUT2D eigenvalue weighted by Crippen LogP contribution is 2.27. The van der Waals surface area contributed by atoms with Crippen molar-refractivity contribution in [3.63, 3.8) is 0 Å². The summed E-state index contributed by atoms with van der Waals surface area (Å²) in [5.41, 5.74) is 4.43. The van der Waals surface area contributed by atoms with Gasteiger partial charge >= 0.3 is 23.8 Å². The van der Waals surface area contributed by atoms with Gasteiger partial charge in [-0.15, -0.1) is 0 Å². The minimum atomic E-state index is -1.07. The highest BCUT2D eigenvalue weighted by atomic mass is 16.6. The molecule has 0 radical (unpaired) electrons. The number of aryl methyl sites for hydroxylation is 1. The zero-order chi connectivity index (χ0) is 36.4. The number of hydrogen-bond acceptors (Lipinski definition) is 9. The normalized spacial score (nSPS) is 20.3. The van der Waals surface area contributed by atoms with Crippen LogP contribution in [0.2, 0.25) is 0 Å². The second-order valence-corrected chi connectivity index (χ2v) is 14.5. The van der Waals surface area contributed by atoms with Crippen molar-refractivity contribution in [2.45, 2.75) is 89.5 Å². The number of fused-ring (bicyclic) bond motifs is 2. The molecular weight excluding hydrogens is 668 g/mol. The van der Waals surface area contributed by atoms with E-state index in [-0.39, 0.29) is 36.5 Å². The fourth-order valence-electron chi connectivity index (χ4n) is 8.35. The van der Waals surface area contributed by atoms with E-state index < -0.39 is 18.0 Å². The molecule has 0 spiro atoms. The molecule has 3 aromatic rings. The lowest BCUT2D eigenvalue weighted by Crippen LogP contribution is -2.53. The number of urea groups is 1. The van der Waals surface area contributed by atoms with Gasteiger partial charge in [-0.05, 0) is 80.7 Å². The number of nitrogens with one attached hydrogen (secondary N) is 2. The van der Waals surface area contributed by atoms with Crippen LogP contribution < -0.4 is 11.1 Å². The maximum absolute atomic E-state index is 14.2. The van der Waals surface area contributed by atoms with E-state index in [0.29, 0.717) is 62.7 Å². The summed E-state index contributed by atoms with van der Waals surface area (Å²) in [4.78, 5) is 74.7. The minimum Gasteiger partial charge on any atom is -0.462 e. The number of nitrogens with zero attached hydrogens (tertiary/aromatic N) is 4. The lowest BCUT2D eigenvalue weighted by atomic mass is 9.97. The first-order chi connectivity index (χ1) is 25.1. The van der Waals surface area contributed by atoms with E-state index >= 15 is 0 Å². The first-order valence-electron chi connectivity index (χ1n) is 18.5. The van der Waals surface area contributed by atoms with Crippen molar-refractivity contribution in [3.8, 4) is 0 Å². The molecule has 0 bridgehead atoms. The third kappa shape index (κ3) is 7.96. The number of rotatable bonds is 7. The van der Waals surface area contributed by atoms with Crippen molar-refractivity contribution in [1.29, 1.82) is 0 Å². The number of aromatic nitrogens is 1. The largest absolute Gasteiger partial charge is 0.462 e. The van der Waals surface area contributed by atoms with Gasteiger partial charge in [0.1, 0.15) is 6.10 Å². The van der Waals surface area contributed by atoms with Crippen LogP contribution in [-0.4, -0.2) is 119 Å². The Morgan fingerprint density at radius 2 is 1.58 bits per heavy atom. The Kier molecular flexibility index (Phi) is 10.5. The summed E-state index contributed by atoms with van der Waals surface area (Å²) in [6, 6.07) is 11.6. The summed E-state index contributed by atoms with van der Waals surface area (Å²) in [5.74, 6) is -1.05. The topological polar surface area (TPSA) is 158 Å². The molecule has 52 heavy (non-hydrogen) atoms. The number of carbonyl (C=O) groups excluding carboxylic acids is 4. The zero-order valence-electron chi connectivity index (χ0n) is 29.9. The van der Waals surface area contributed by atoms with Crippen LogP contribution in [0.15, 0.2) is 45.6 Å². The predicted molar refractivity (Wildman–Crippen MR) is 192 cm³/mol. The van der Waals surface area contributed by atoms with Crippen LogP contribution in [0.25, 0.3) is 11.1 Å². The van der Waals surface area contributed by atoms with Gasteiger partial charge in [0.25, 0.3) is 5.91 Å². The number of anilines is 1. The van der Waals surface area contributed by atoms with E-state index in [9.17, 15) is 24.0 Å². The van der Waals surface area contributed by atoms with Crippen molar-refractivity contribution < 1.29 is 33.1 Å². The van der Waals surface area contributed by atoms with Crippen LogP contribution >= 0.6 is 0 Å². The van der Waals surface area contributed by atoms with Gasteiger partial charge in [0.2, 0.25) is 0 Å². The molecule has 1 aromatic heterocycles. The molecule has 2 N–H and O–H groups in total. The number of amides is 4. The summed E-state index contributed by atoms with van der Waals surface area (Å²) in [7, 11) is 0. The Hall–Kier alpha value is -4.85. The molecule has 0 saturated carbocycles. The summed E-state index contributed by atoms with van der Waals surface area (Å²) in [5, 5.41) is 3.04. The van der Waals surface area contributed by atoms with Crippen molar-refractivity contribution in [2.24, 2.45) is 0 Å². The van der Waals surface area contributed by atoms with Crippen molar-refractivity contribution in [2.75, 3.05) is 51.1 Å². The lowest BCUT2D eigenvalue weighted by molar-refractivity contribution is -0.148. The third-order valence-corrected chi connectivity index (χ3v) is 11.1. The van der Waals surface area contributed by atoms with E-state index in [0.717, 1.165) is 67.6 Å². The van der Waals surface area contributed by atoms with Gasteiger partial charge in [0.15, 0.2) is 11.7 Å². The molecule has 1 atom stereocenters. The van der Waals surface area contributed by atoms with E-state index in [2.05, 4.69) is 15.2 Å². The fourth-order valence-corrected chi connectivity index (χ4v) is 8.35. The third-order valence-electron chi connectivity index (χ3n) is 11.1. The van der Waals surface area contributed by atoms with Crippen molar-refractivity contribution >= 4 is 40.8 Å². The standard InChI is InChI=1S/C38H48N6O8/c1-24-21-26(22-32-34(24)40-37(48)51-32)23-33(35(46)42-14-8-28(9-15-42)41-18-12-30(13-19-41)50-25(2)45)52-38(49)43-16-10-29(11-17-43)44-20-7-27-5-3-4-6-31(27)39-36(44)47/h3-6,21-22,28-30,33H,7-20,23H2,1-2H3,(H,39,47)(H,40,48)/t33-/m1/s1. The highest BCUT2D eigenvalue weighted by Gasteiger charge is 2.37. The molecule has 4 aliphatic heterocycles. The number of para-hydroxylation sites is 1. The maximum atomic E-state index is 14.2. The van der Waals surface area contributed by atoms with E-state index in [1.54, 1.807) is 15.9 Å². The molecule has 0 unspecified atom stereocenters. The average Bonchev–Trinajstić information content (AvgIpc) is 3.43. The Labute approximate surface area is 302 Å². The number of hydrogen-bond donors (Lipinski definition) is 2. The second-order valence-electron chi connectivity index (χ2n) is 14.5. The second kappa shape index (κ2) is 15.4. The predicted octanol–water partition coefficient (Wildman–Crippen LogP) is 4.05. The number of oxazole rings is 1. The molecule has 0 aliphatic carbocycles. The van der Waals surface area contributed by atoms with Crippen LogP contribution in [0.5, 0.6) is 0 Å². The van der Waals surface area contributed by atoms with Crippen LogP contribution in [0, 0.1) is 6.92 Å². The molecule has 14 nitrogen and oxygen atoms in total. The summed E-state index contributed by atoms with van der Waals surface area (Å²) >= 11 is 0. The number of ether oxygens (including phenoxy) is 2. The van der Waals surface area contributed by atoms with Gasteiger partial charge in [0.05, 0.1) is 5.52 Å². The van der Waals surface area contributed by atoms with E-state index in [4.69, 9.17) is 13.9 Å². The fraction of sp³-hybridized carbons (Fsp3) is 0.553. The van der Waals surface area contributed by atoms with Crippen LogP contribution in [-0.2, 0) is 31.9 Å². The Morgan fingerprint density at radius 1 is 0.885 bits per heavy atom. The molecule has 7 rings (SSSR count). The van der Waals surface area contributed by atoms with Gasteiger partial charge in [-0.3, -0.25) is 19.5 Å². The van der Waals surface area contributed by atoms with Gasteiger partial charge < -0.3 is 33.9 Å².